The molecule has 0 radical (unpaired) electrons. The zero-order valence-corrected chi connectivity index (χ0v) is 19.3. The third-order valence-corrected chi connectivity index (χ3v) is 5.90. The molecule has 2 N–H and O–H groups in total. The predicted octanol–water partition coefficient (Wildman–Crippen LogP) is 4.46. The van der Waals surface area contributed by atoms with Crippen molar-refractivity contribution >= 4 is 50.8 Å². The van der Waals surface area contributed by atoms with Gasteiger partial charge in [-0.15, -0.1) is 0 Å². The molecule has 1 aliphatic heterocycles. The first-order valence-corrected chi connectivity index (χ1v) is 10.9. The molecule has 1 fully saturated rings. The third-order valence-electron chi connectivity index (χ3n) is 5.08. The van der Waals surface area contributed by atoms with Crippen LogP contribution >= 0.6 is 28.1 Å². The molecule has 0 spiro atoms. The summed E-state index contributed by atoms with van der Waals surface area (Å²) in [6.07, 6.45) is 2.06. The SMILES string of the molecule is COc1ccc(C(=O)NC(=S)Nc2cccc(C(=O)N3CCC(C)CC3)c2)cc1Br. The van der Waals surface area contributed by atoms with Crippen molar-refractivity contribution in [3.8, 4) is 5.75 Å². The summed E-state index contributed by atoms with van der Waals surface area (Å²) in [5.41, 5.74) is 1.69. The first-order chi connectivity index (χ1) is 14.4. The number of methoxy groups -OCH3 is 1. The van der Waals surface area contributed by atoms with Gasteiger partial charge in [-0.2, -0.15) is 0 Å². The number of anilines is 1. The second-order valence-corrected chi connectivity index (χ2v) is 8.58. The Balaban J connectivity index is 1.61. The van der Waals surface area contributed by atoms with Gasteiger partial charge in [0, 0.05) is 29.9 Å². The largest absolute Gasteiger partial charge is 0.496 e. The zero-order chi connectivity index (χ0) is 21.7. The van der Waals surface area contributed by atoms with Gasteiger partial charge in [0.05, 0.1) is 11.6 Å². The van der Waals surface area contributed by atoms with E-state index in [9.17, 15) is 9.59 Å². The molecule has 30 heavy (non-hydrogen) atoms. The maximum absolute atomic E-state index is 12.8. The van der Waals surface area contributed by atoms with Gasteiger partial charge in [-0.1, -0.05) is 13.0 Å². The topological polar surface area (TPSA) is 70.7 Å². The number of ether oxygens (including phenoxy) is 1. The van der Waals surface area contributed by atoms with E-state index in [1.54, 1.807) is 49.6 Å². The summed E-state index contributed by atoms with van der Waals surface area (Å²) in [6, 6.07) is 12.2. The van der Waals surface area contributed by atoms with Gasteiger partial charge in [0.15, 0.2) is 5.11 Å². The summed E-state index contributed by atoms with van der Waals surface area (Å²) in [5, 5.41) is 5.78. The Bertz CT molecular complexity index is 958. The van der Waals surface area contributed by atoms with E-state index in [-0.39, 0.29) is 16.9 Å². The lowest BCUT2D eigenvalue weighted by atomic mass is 9.98. The van der Waals surface area contributed by atoms with Gasteiger partial charge in [-0.05, 0) is 83.3 Å². The molecule has 0 unspecified atom stereocenters. The van der Waals surface area contributed by atoms with Crippen molar-refractivity contribution in [2.45, 2.75) is 19.8 Å². The average molecular weight is 490 g/mol. The molecule has 0 aliphatic carbocycles. The van der Waals surface area contributed by atoms with E-state index in [0.717, 1.165) is 25.9 Å². The average Bonchev–Trinajstić information content (AvgIpc) is 2.73. The van der Waals surface area contributed by atoms with Crippen molar-refractivity contribution in [2.75, 3.05) is 25.5 Å². The summed E-state index contributed by atoms with van der Waals surface area (Å²) >= 11 is 8.63. The Hall–Kier alpha value is -2.45. The molecule has 6 nitrogen and oxygen atoms in total. The molecule has 2 aromatic rings. The first kappa shape index (κ1) is 22.2. The van der Waals surface area contributed by atoms with Crippen LogP contribution in [0.25, 0.3) is 0 Å². The minimum absolute atomic E-state index is 0.0172. The number of amides is 2. The highest BCUT2D eigenvalue weighted by Gasteiger charge is 2.21. The number of nitrogens with zero attached hydrogens (tertiary/aromatic N) is 1. The molecular formula is C22H24BrN3O3S. The molecule has 2 amide bonds. The van der Waals surface area contributed by atoms with E-state index >= 15 is 0 Å². The fraction of sp³-hybridized carbons (Fsp3) is 0.318. The molecule has 1 heterocycles. The molecule has 0 saturated carbocycles. The third kappa shape index (κ3) is 5.58. The van der Waals surface area contributed by atoms with E-state index in [1.807, 2.05) is 4.90 Å². The standard InChI is InChI=1S/C22H24BrN3O3S/c1-14-8-10-26(11-9-14)21(28)16-4-3-5-17(12-16)24-22(30)25-20(27)15-6-7-19(29-2)18(23)13-15/h3-7,12-14H,8-11H2,1-2H3,(H2,24,25,27,30). The van der Waals surface area contributed by atoms with Crippen LogP contribution in [0.2, 0.25) is 0 Å². The zero-order valence-electron chi connectivity index (χ0n) is 16.9. The van der Waals surface area contributed by atoms with Crippen molar-refractivity contribution in [1.29, 1.82) is 0 Å². The smallest absolute Gasteiger partial charge is 0.257 e. The highest BCUT2D eigenvalue weighted by molar-refractivity contribution is 9.10. The van der Waals surface area contributed by atoms with Crippen molar-refractivity contribution in [2.24, 2.45) is 5.92 Å². The van der Waals surface area contributed by atoms with Crippen molar-refractivity contribution in [3.05, 3.63) is 58.1 Å². The Morgan fingerprint density at radius 1 is 1.13 bits per heavy atom. The number of carbonyl (C=O) groups is 2. The van der Waals surface area contributed by atoms with Crippen LogP contribution in [0.4, 0.5) is 5.69 Å². The van der Waals surface area contributed by atoms with Crippen molar-refractivity contribution in [3.63, 3.8) is 0 Å². The number of rotatable bonds is 4. The quantitative estimate of drug-likeness (QED) is 0.620. The second-order valence-electron chi connectivity index (χ2n) is 7.31. The van der Waals surface area contributed by atoms with E-state index in [0.29, 0.717) is 33.0 Å². The molecular weight excluding hydrogens is 466 g/mol. The molecule has 158 valence electrons. The Morgan fingerprint density at radius 3 is 2.53 bits per heavy atom. The summed E-state index contributed by atoms with van der Waals surface area (Å²) in [6.45, 7) is 3.78. The summed E-state index contributed by atoms with van der Waals surface area (Å²) in [7, 11) is 1.56. The monoisotopic (exact) mass is 489 g/mol. The highest BCUT2D eigenvalue weighted by atomic mass is 79.9. The number of nitrogens with one attached hydrogen (secondary N) is 2. The molecule has 1 aliphatic rings. The number of thiocarbonyl (C=S) groups is 1. The highest BCUT2D eigenvalue weighted by Crippen LogP contribution is 2.25. The molecule has 2 aromatic carbocycles. The van der Waals surface area contributed by atoms with E-state index < -0.39 is 0 Å². The predicted molar refractivity (Wildman–Crippen MR) is 125 cm³/mol. The van der Waals surface area contributed by atoms with E-state index in [2.05, 4.69) is 33.5 Å². The first-order valence-electron chi connectivity index (χ1n) is 9.72. The van der Waals surface area contributed by atoms with Gasteiger partial charge in [0.25, 0.3) is 11.8 Å². The number of likely N-dealkylation sites (tertiary alicyclic amines) is 1. The van der Waals surface area contributed by atoms with Gasteiger partial charge < -0.3 is 15.0 Å². The summed E-state index contributed by atoms with van der Waals surface area (Å²) in [5.74, 6) is 0.973. The number of halogens is 1. The van der Waals surface area contributed by atoms with E-state index in [1.165, 1.54) is 0 Å². The van der Waals surface area contributed by atoms with Crippen molar-refractivity contribution in [1.82, 2.24) is 10.2 Å². The number of hydrogen-bond acceptors (Lipinski definition) is 4. The molecule has 1 saturated heterocycles. The van der Waals surface area contributed by atoms with Gasteiger partial charge in [0.2, 0.25) is 0 Å². The summed E-state index contributed by atoms with van der Waals surface area (Å²) in [4.78, 5) is 27.1. The Kier molecular flexibility index (Phi) is 7.44. The molecule has 3 rings (SSSR count). The van der Waals surface area contributed by atoms with Crippen LogP contribution in [0.5, 0.6) is 5.75 Å². The van der Waals surface area contributed by atoms with Crippen LogP contribution in [-0.2, 0) is 0 Å². The van der Waals surface area contributed by atoms with Crippen LogP contribution in [0.15, 0.2) is 46.9 Å². The van der Waals surface area contributed by atoms with Crippen LogP contribution < -0.4 is 15.4 Å². The number of piperidine rings is 1. The number of hydrogen-bond donors (Lipinski definition) is 2. The Labute approximate surface area is 190 Å². The van der Waals surface area contributed by atoms with Gasteiger partial charge in [0.1, 0.15) is 5.75 Å². The lowest BCUT2D eigenvalue weighted by Crippen LogP contribution is -2.38. The maximum atomic E-state index is 12.8. The van der Waals surface area contributed by atoms with E-state index in [4.69, 9.17) is 17.0 Å². The minimum Gasteiger partial charge on any atom is -0.496 e. The lowest BCUT2D eigenvalue weighted by Gasteiger charge is -2.30. The molecule has 8 heteroatoms. The number of carbonyl (C=O) groups excluding carboxylic acids is 2. The van der Waals surface area contributed by atoms with Gasteiger partial charge in [-0.3, -0.25) is 14.9 Å². The lowest BCUT2D eigenvalue weighted by molar-refractivity contribution is 0.0697. The van der Waals surface area contributed by atoms with Gasteiger partial charge in [-0.25, -0.2) is 0 Å². The van der Waals surface area contributed by atoms with Crippen LogP contribution in [0, 0.1) is 5.92 Å². The van der Waals surface area contributed by atoms with Gasteiger partial charge >= 0.3 is 0 Å². The van der Waals surface area contributed by atoms with Crippen molar-refractivity contribution < 1.29 is 14.3 Å². The normalized spacial score (nSPS) is 14.2. The Morgan fingerprint density at radius 2 is 1.87 bits per heavy atom. The molecule has 0 bridgehead atoms. The minimum atomic E-state index is -0.342. The fourth-order valence-corrected chi connectivity index (χ4v) is 4.02. The summed E-state index contributed by atoms with van der Waals surface area (Å²) < 4.78 is 5.85. The fourth-order valence-electron chi connectivity index (χ4n) is 3.27. The molecule has 0 aromatic heterocycles. The van der Waals surface area contributed by atoms with Crippen LogP contribution in [-0.4, -0.2) is 42.0 Å². The van der Waals surface area contributed by atoms with Crippen LogP contribution in [0.1, 0.15) is 40.5 Å². The number of benzene rings is 2. The second kappa shape index (κ2) is 10.0. The van der Waals surface area contributed by atoms with Crippen LogP contribution in [0.3, 0.4) is 0 Å². The maximum Gasteiger partial charge on any atom is 0.257 e. The molecule has 0 atom stereocenters.